The van der Waals surface area contributed by atoms with Crippen LogP contribution in [0.25, 0.3) is 11.2 Å². The van der Waals surface area contributed by atoms with E-state index in [0.717, 1.165) is 41.4 Å². The van der Waals surface area contributed by atoms with Gasteiger partial charge in [-0.25, -0.2) is 15.0 Å². The van der Waals surface area contributed by atoms with Crippen molar-refractivity contribution >= 4 is 11.2 Å². The first-order valence-electron chi connectivity index (χ1n) is 6.77. The van der Waals surface area contributed by atoms with E-state index in [2.05, 4.69) is 25.3 Å². The largest absolute Gasteiger partial charge is 0.339 e. The van der Waals surface area contributed by atoms with Crippen molar-refractivity contribution in [1.29, 1.82) is 0 Å². The summed E-state index contributed by atoms with van der Waals surface area (Å²) < 4.78 is 0. The molecule has 2 fully saturated rings. The minimum absolute atomic E-state index is 0.748. The number of H-pyrrole nitrogens is 1. The maximum absolute atomic E-state index is 4.55. The minimum atomic E-state index is 0.748. The van der Waals surface area contributed by atoms with Crippen molar-refractivity contribution < 1.29 is 0 Å². The molecule has 4 rings (SSSR count). The Morgan fingerprint density at radius 2 is 2.06 bits per heavy atom. The van der Waals surface area contributed by atoms with Gasteiger partial charge in [-0.15, -0.1) is 0 Å². The van der Waals surface area contributed by atoms with Crippen LogP contribution in [0.3, 0.4) is 0 Å². The SMILES string of the molecule is c1ncc2[nH]c(CC3CC4CCC(C3)N4)nc2n1. The molecule has 4 heterocycles. The number of aromatic nitrogens is 4. The molecule has 0 spiro atoms. The molecule has 18 heavy (non-hydrogen) atoms. The zero-order valence-corrected chi connectivity index (χ0v) is 10.3. The Morgan fingerprint density at radius 3 is 2.83 bits per heavy atom. The number of hydrogen-bond donors (Lipinski definition) is 2. The fourth-order valence-corrected chi connectivity index (χ4v) is 3.52. The normalized spacial score (nSPS) is 31.0. The van der Waals surface area contributed by atoms with Gasteiger partial charge >= 0.3 is 0 Å². The zero-order valence-electron chi connectivity index (χ0n) is 10.3. The molecular formula is C13H17N5. The second-order valence-corrected chi connectivity index (χ2v) is 5.62. The molecule has 5 nitrogen and oxygen atoms in total. The van der Waals surface area contributed by atoms with E-state index in [1.54, 1.807) is 12.5 Å². The van der Waals surface area contributed by atoms with Gasteiger partial charge in [0.2, 0.25) is 0 Å². The first-order chi connectivity index (χ1) is 8.87. The van der Waals surface area contributed by atoms with Crippen molar-refractivity contribution in [2.45, 2.75) is 44.2 Å². The van der Waals surface area contributed by atoms with Gasteiger partial charge in [0.25, 0.3) is 0 Å². The smallest absolute Gasteiger partial charge is 0.180 e. The fraction of sp³-hybridized carbons (Fsp3) is 0.615. The maximum Gasteiger partial charge on any atom is 0.180 e. The third kappa shape index (κ3) is 1.79. The van der Waals surface area contributed by atoms with E-state index in [4.69, 9.17) is 0 Å². The van der Waals surface area contributed by atoms with Gasteiger partial charge in [0.1, 0.15) is 17.7 Å². The highest BCUT2D eigenvalue weighted by Gasteiger charge is 2.33. The van der Waals surface area contributed by atoms with Crippen LogP contribution in [0, 0.1) is 5.92 Å². The van der Waals surface area contributed by atoms with E-state index in [0.29, 0.717) is 0 Å². The quantitative estimate of drug-likeness (QED) is 0.837. The topological polar surface area (TPSA) is 66.5 Å². The summed E-state index contributed by atoms with van der Waals surface area (Å²) in [6.45, 7) is 0. The summed E-state index contributed by atoms with van der Waals surface area (Å²) in [5.74, 6) is 1.83. The number of fused-ring (bicyclic) bond motifs is 3. The molecule has 2 bridgehead atoms. The van der Waals surface area contributed by atoms with Crippen LogP contribution in [0.15, 0.2) is 12.5 Å². The van der Waals surface area contributed by atoms with Crippen molar-refractivity contribution in [2.24, 2.45) is 5.92 Å². The molecule has 5 heteroatoms. The van der Waals surface area contributed by atoms with Crippen molar-refractivity contribution in [1.82, 2.24) is 25.3 Å². The Labute approximate surface area is 105 Å². The molecule has 0 aromatic carbocycles. The number of nitrogens with one attached hydrogen (secondary N) is 2. The van der Waals surface area contributed by atoms with Crippen LogP contribution < -0.4 is 5.32 Å². The molecule has 2 aromatic heterocycles. The number of piperidine rings is 1. The summed E-state index contributed by atoms with van der Waals surface area (Å²) in [5.41, 5.74) is 1.74. The van der Waals surface area contributed by atoms with Crippen molar-refractivity contribution in [3.63, 3.8) is 0 Å². The van der Waals surface area contributed by atoms with Gasteiger partial charge in [0, 0.05) is 18.5 Å². The molecule has 2 unspecified atom stereocenters. The molecule has 2 atom stereocenters. The van der Waals surface area contributed by atoms with Gasteiger partial charge in [-0.2, -0.15) is 0 Å². The number of nitrogens with zero attached hydrogens (tertiary/aromatic N) is 3. The van der Waals surface area contributed by atoms with Gasteiger partial charge < -0.3 is 10.3 Å². The lowest BCUT2D eigenvalue weighted by atomic mass is 9.89. The lowest BCUT2D eigenvalue weighted by Gasteiger charge is -2.28. The Balaban J connectivity index is 1.54. The predicted molar refractivity (Wildman–Crippen MR) is 68.1 cm³/mol. The predicted octanol–water partition coefficient (Wildman–Crippen LogP) is 1.43. The van der Waals surface area contributed by atoms with E-state index in [1.807, 2.05) is 0 Å². The molecular weight excluding hydrogens is 226 g/mol. The Bertz CT molecular complexity index is 518. The van der Waals surface area contributed by atoms with Crippen LogP contribution in [0.1, 0.15) is 31.5 Å². The number of aromatic amines is 1. The summed E-state index contributed by atoms with van der Waals surface area (Å²) in [6.07, 6.45) is 9.69. The Kier molecular flexibility index (Phi) is 2.33. The van der Waals surface area contributed by atoms with Gasteiger partial charge in [0.15, 0.2) is 5.65 Å². The summed E-state index contributed by atoms with van der Waals surface area (Å²) in [5, 5.41) is 3.68. The van der Waals surface area contributed by atoms with Crippen molar-refractivity contribution in [3.05, 3.63) is 18.3 Å². The monoisotopic (exact) mass is 243 g/mol. The fourth-order valence-electron chi connectivity index (χ4n) is 3.52. The van der Waals surface area contributed by atoms with Gasteiger partial charge in [0.05, 0.1) is 6.20 Å². The highest BCUT2D eigenvalue weighted by atomic mass is 15.0. The van der Waals surface area contributed by atoms with Crippen LogP contribution in [0.5, 0.6) is 0 Å². The van der Waals surface area contributed by atoms with Crippen LogP contribution in [0.4, 0.5) is 0 Å². The van der Waals surface area contributed by atoms with Crippen LogP contribution in [-0.2, 0) is 6.42 Å². The summed E-state index contributed by atoms with van der Waals surface area (Å²) in [4.78, 5) is 16.1. The lowest BCUT2D eigenvalue weighted by Crippen LogP contribution is -2.38. The van der Waals surface area contributed by atoms with Gasteiger partial charge in [-0.3, -0.25) is 0 Å². The van der Waals surface area contributed by atoms with E-state index in [1.165, 1.54) is 25.7 Å². The third-order valence-electron chi connectivity index (χ3n) is 4.26. The average Bonchev–Trinajstić information content (AvgIpc) is 2.92. The molecule has 0 saturated carbocycles. The van der Waals surface area contributed by atoms with Gasteiger partial charge in [-0.1, -0.05) is 0 Å². The standard InChI is InChI=1S/C13H17N5/c1-2-10-4-8(3-9(1)16-10)5-12-17-11-6-14-7-15-13(11)18-12/h6-10,16H,1-5H2,(H,14,15,17,18). The molecule has 0 aliphatic carbocycles. The van der Waals surface area contributed by atoms with Crippen molar-refractivity contribution in [2.75, 3.05) is 0 Å². The van der Waals surface area contributed by atoms with E-state index >= 15 is 0 Å². The second-order valence-electron chi connectivity index (χ2n) is 5.62. The second kappa shape index (κ2) is 4.02. The van der Waals surface area contributed by atoms with E-state index in [9.17, 15) is 0 Å². The average molecular weight is 243 g/mol. The molecule has 0 amide bonds. The summed E-state index contributed by atoms with van der Waals surface area (Å²) in [7, 11) is 0. The molecule has 2 N–H and O–H groups in total. The molecule has 2 saturated heterocycles. The van der Waals surface area contributed by atoms with E-state index in [-0.39, 0.29) is 0 Å². The molecule has 2 aliphatic heterocycles. The molecule has 2 aliphatic rings. The Morgan fingerprint density at radius 1 is 1.22 bits per heavy atom. The highest BCUT2D eigenvalue weighted by Crippen LogP contribution is 2.32. The minimum Gasteiger partial charge on any atom is -0.339 e. The number of hydrogen-bond acceptors (Lipinski definition) is 4. The highest BCUT2D eigenvalue weighted by molar-refractivity contribution is 5.68. The number of imidazole rings is 1. The lowest BCUT2D eigenvalue weighted by molar-refractivity contribution is 0.295. The van der Waals surface area contributed by atoms with Gasteiger partial charge in [-0.05, 0) is 31.6 Å². The number of rotatable bonds is 2. The van der Waals surface area contributed by atoms with Crippen LogP contribution in [-0.4, -0.2) is 32.0 Å². The van der Waals surface area contributed by atoms with Crippen LogP contribution in [0.2, 0.25) is 0 Å². The van der Waals surface area contributed by atoms with E-state index < -0.39 is 0 Å². The van der Waals surface area contributed by atoms with Crippen LogP contribution >= 0.6 is 0 Å². The summed E-state index contributed by atoms with van der Waals surface area (Å²) >= 11 is 0. The zero-order chi connectivity index (χ0) is 11.9. The third-order valence-corrected chi connectivity index (χ3v) is 4.26. The van der Waals surface area contributed by atoms with Crippen molar-refractivity contribution in [3.8, 4) is 0 Å². The summed E-state index contributed by atoms with van der Waals surface area (Å²) in [6, 6.07) is 1.50. The maximum atomic E-state index is 4.55. The molecule has 0 radical (unpaired) electrons. The Hall–Kier alpha value is -1.49. The molecule has 2 aromatic rings. The first-order valence-corrected chi connectivity index (χ1v) is 6.77. The molecule has 94 valence electrons. The first kappa shape index (κ1) is 10.4.